The normalized spacial score (nSPS) is 45.1. The number of carbonyl (C=O) groups is 2. The molecule has 4 aliphatic carbocycles. The second-order valence-corrected chi connectivity index (χ2v) is 10.6. The van der Waals surface area contributed by atoms with Crippen molar-refractivity contribution in [1.29, 1.82) is 5.26 Å². The summed E-state index contributed by atoms with van der Waals surface area (Å²) in [7, 11) is 0. The summed E-state index contributed by atoms with van der Waals surface area (Å²) in [6.07, 6.45) is 4.64. The van der Waals surface area contributed by atoms with Gasteiger partial charge in [-0.3, -0.25) is 4.79 Å². The van der Waals surface area contributed by atoms with E-state index in [1.54, 1.807) is 4.90 Å². The minimum Gasteiger partial charge on any atom is -0.479 e. The molecule has 0 aromatic rings. The number of aliphatic hydroxyl groups excluding tert-OH is 1. The predicted octanol–water partition coefficient (Wildman–Crippen LogP) is 1.58. The number of hydrogen-bond acceptors (Lipinski definition) is 7. The zero-order valence-electron chi connectivity index (χ0n) is 18.3. The first kappa shape index (κ1) is 22.1. The summed E-state index contributed by atoms with van der Waals surface area (Å²) < 4.78 is 18.4. The highest BCUT2D eigenvalue weighted by Crippen LogP contribution is 2.60. The molecule has 0 aromatic carbocycles. The van der Waals surface area contributed by atoms with Crippen molar-refractivity contribution in [2.75, 3.05) is 13.2 Å². The van der Waals surface area contributed by atoms with Gasteiger partial charge in [0.25, 0.3) is 0 Å². The Balaban J connectivity index is 1.26. The van der Waals surface area contributed by atoms with Gasteiger partial charge in [-0.2, -0.15) is 5.26 Å². The fourth-order valence-corrected chi connectivity index (χ4v) is 7.27. The molecule has 6 fully saturated rings. The van der Waals surface area contributed by atoms with E-state index in [4.69, 9.17) is 14.2 Å². The molecule has 9 nitrogen and oxygen atoms in total. The maximum absolute atomic E-state index is 12.8. The molecule has 2 saturated heterocycles. The Hall–Kier alpha value is -1.73. The summed E-state index contributed by atoms with van der Waals surface area (Å²) in [4.78, 5) is 25.8. The smallest absolute Gasteiger partial charge is 0.333 e. The molecule has 0 spiro atoms. The molecule has 2 N–H and O–H groups in total. The van der Waals surface area contributed by atoms with Gasteiger partial charge in [0.15, 0.2) is 12.4 Å². The molecule has 0 aromatic heterocycles. The summed E-state index contributed by atoms with van der Waals surface area (Å²) in [6.45, 7) is 0.589. The number of likely N-dealkylation sites (tertiary alicyclic amines) is 1. The maximum atomic E-state index is 12.8. The second kappa shape index (κ2) is 8.24. The Morgan fingerprint density at radius 3 is 2.53 bits per heavy atom. The summed E-state index contributed by atoms with van der Waals surface area (Å²) in [5.74, 6) is -0.330. The highest BCUT2D eigenvalue weighted by molar-refractivity contribution is 5.78. The van der Waals surface area contributed by atoms with Crippen LogP contribution < -0.4 is 0 Å². The van der Waals surface area contributed by atoms with Gasteiger partial charge >= 0.3 is 5.97 Å². The molecule has 2 aliphatic heterocycles. The highest BCUT2D eigenvalue weighted by atomic mass is 16.7. The highest BCUT2D eigenvalue weighted by Gasteiger charge is 2.60. The topological polar surface area (TPSA) is 129 Å². The first-order chi connectivity index (χ1) is 15.3. The molecule has 9 heteroatoms. The summed E-state index contributed by atoms with van der Waals surface area (Å²) in [5.41, 5.74) is -0.901. The summed E-state index contributed by atoms with van der Waals surface area (Å²) >= 11 is 0. The van der Waals surface area contributed by atoms with Crippen LogP contribution in [0.25, 0.3) is 0 Å². The zero-order valence-corrected chi connectivity index (χ0v) is 18.3. The van der Waals surface area contributed by atoms with Crippen molar-refractivity contribution in [2.45, 2.75) is 100.0 Å². The predicted molar refractivity (Wildman–Crippen MR) is 109 cm³/mol. The van der Waals surface area contributed by atoms with Crippen LogP contribution in [0.2, 0.25) is 0 Å². The number of carboxylic acid groups (broad SMARTS) is 1. The largest absolute Gasteiger partial charge is 0.479 e. The van der Waals surface area contributed by atoms with Gasteiger partial charge in [0.05, 0.1) is 23.4 Å². The first-order valence-electron chi connectivity index (χ1n) is 11.9. The van der Waals surface area contributed by atoms with Gasteiger partial charge in [0.1, 0.15) is 12.6 Å². The van der Waals surface area contributed by atoms with Crippen molar-refractivity contribution in [3.8, 4) is 6.07 Å². The van der Waals surface area contributed by atoms with Crippen molar-refractivity contribution in [3.63, 3.8) is 0 Å². The maximum Gasteiger partial charge on any atom is 0.333 e. The average molecular weight is 449 g/mol. The number of carboxylic acids is 1. The molecule has 6 rings (SSSR count). The van der Waals surface area contributed by atoms with Gasteiger partial charge in [-0.05, 0) is 56.8 Å². The fourth-order valence-electron chi connectivity index (χ4n) is 7.27. The van der Waals surface area contributed by atoms with E-state index in [9.17, 15) is 25.1 Å². The number of amides is 1. The van der Waals surface area contributed by atoms with Crippen LogP contribution in [0, 0.1) is 23.2 Å². The monoisotopic (exact) mass is 448 g/mol. The van der Waals surface area contributed by atoms with E-state index in [2.05, 4.69) is 6.07 Å². The number of carbonyl (C=O) groups excluding carboxylic acids is 1. The number of nitrogens with zero attached hydrogens (tertiary/aromatic N) is 2. The molecule has 4 bridgehead atoms. The van der Waals surface area contributed by atoms with E-state index < -0.39 is 35.7 Å². The van der Waals surface area contributed by atoms with E-state index in [0.29, 0.717) is 24.8 Å². The van der Waals surface area contributed by atoms with Crippen molar-refractivity contribution in [3.05, 3.63) is 0 Å². The molecular formula is C23H32N2O7. The number of nitriles is 1. The SMILES string of the molecule is N#CC1CCCN1C(=O)COC12CC3CC(C1)CC(O[C@H]1C[C@@H](O)C[C@@H](C(=O)O)O1)(C3)C2. The molecule has 4 saturated carbocycles. The average Bonchev–Trinajstić information content (AvgIpc) is 3.19. The number of rotatable bonds is 6. The van der Waals surface area contributed by atoms with E-state index in [0.717, 1.165) is 44.9 Å². The van der Waals surface area contributed by atoms with Crippen LogP contribution in [0.15, 0.2) is 0 Å². The van der Waals surface area contributed by atoms with Gasteiger partial charge in [0.2, 0.25) is 5.91 Å². The van der Waals surface area contributed by atoms with Crippen molar-refractivity contribution in [2.24, 2.45) is 11.8 Å². The van der Waals surface area contributed by atoms with E-state index in [-0.39, 0.29) is 31.4 Å². The zero-order chi connectivity index (χ0) is 22.5. The van der Waals surface area contributed by atoms with Gasteiger partial charge < -0.3 is 29.3 Å². The minimum absolute atomic E-state index is 0.0204. The van der Waals surface area contributed by atoms with Gasteiger partial charge in [0, 0.05) is 25.8 Å². The first-order valence-corrected chi connectivity index (χ1v) is 11.9. The lowest BCUT2D eigenvalue weighted by atomic mass is 9.52. The third-order valence-electron chi connectivity index (χ3n) is 8.10. The lowest BCUT2D eigenvalue weighted by Gasteiger charge is -2.61. The van der Waals surface area contributed by atoms with Crippen LogP contribution >= 0.6 is 0 Å². The van der Waals surface area contributed by atoms with Crippen LogP contribution in [0.3, 0.4) is 0 Å². The Kier molecular flexibility index (Phi) is 5.69. The molecule has 2 heterocycles. The molecule has 3 unspecified atom stereocenters. The Morgan fingerprint density at radius 1 is 1.12 bits per heavy atom. The van der Waals surface area contributed by atoms with Gasteiger partial charge in [-0.1, -0.05) is 0 Å². The standard InChI is InChI=1S/C23H32N2O7/c24-11-16-2-1-3-25(16)19(27)12-30-22-7-14-4-15(8-22)10-23(9-14,13-22)32-20-6-17(26)5-18(31-20)21(28)29/h14-18,20,26H,1-10,12-13H2,(H,28,29)/t14?,15?,16?,17-,18-,20-,22?,23?/m0/s1. The lowest BCUT2D eigenvalue weighted by Crippen LogP contribution is -2.62. The Morgan fingerprint density at radius 2 is 1.84 bits per heavy atom. The molecule has 1 amide bonds. The van der Waals surface area contributed by atoms with Crippen molar-refractivity contribution >= 4 is 11.9 Å². The van der Waals surface area contributed by atoms with Gasteiger partial charge in [-0.25, -0.2) is 4.79 Å². The molecule has 32 heavy (non-hydrogen) atoms. The van der Waals surface area contributed by atoms with E-state index >= 15 is 0 Å². The van der Waals surface area contributed by atoms with E-state index in [1.165, 1.54) is 0 Å². The Bertz CT molecular complexity index is 797. The quantitative estimate of drug-likeness (QED) is 0.626. The summed E-state index contributed by atoms with van der Waals surface area (Å²) in [5, 5.41) is 28.7. The van der Waals surface area contributed by atoms with Crippen LogP contribution in [0.1, 0.15) is 64.2 Å². The lowest BCUT2D eigenvalue weighted by molar-refractivity contribution is -0.308. The fraction of sp³-hybridized carbons (Fsp3) is 0.870. The number of aliphatic hydroxyl groups is 1. The number of hydrogen-bond donors (Lipinski definition) is 2. The van der Waals surface area contributed by atoms with Crippen molar-refractivity contribution in [1.82, 2.24) is 4.90 Å². The molecule has 6 atom stereocenters. The third-order valence-corrected chi connectivity index (χ3v) is 8.10. The summed E-state index contributed by atoms with van der Waals surface area (Å²) in [6, 6.07) is 1.86. The van der Waals surface area contributed by atoms with Crippen LogP contribution in [-0.2, 0) is 23.8 Å². The Labute approximate surface area is 187 Å². The number of ether oxygens (including phenoxy) is 3. The second-order valence-electron chi connectivity index (χ2n) is 10.6. The third kappa shape index (κ3) is 4.14. The number of aliphatic carboxylic acids is 1. The molecular weight excluding hydrogens is 416 g/mol. The van der Waals surface area contributed by atoms with E-state index in [1.807, 2.05) is 0 Å². The van der Waals surface area contributed by atoms with Crippen LogP contribution in [0.5, 0.6) is 0 Å². The van der Waals surface area contributed by atoms with Gasteiger partial charge in [-0.15, -0.1) is 0 Å². The minimum atomic E-state index is -1.08. The van der Waals surface area contributed by atoms with Crippen LogP contribution in [0.4, 0.5) is 0 Å². The van der Waals surface area contributed by atoms with Crippen LogP contribution in [-0.4, -0.2) is 75.9 Å². The van der Waals surface area contributed by atoms with Crippen molar-refractivity contribution < 1.29 is 34.0 Å². The molecule has 6 aliphatic rings. The molecule has 176 valence electrons. The molecule has 0 radical (unpaired) electrons.